The van der Waals surface area contributed by atoms with Gasteiger partial charge in [0.1, 0.15) is 17.1 Å². The fourth-order valence-corrected chi connectivity index (χ4v) is 6.52. The van der Waals surface area contributed by atoms with Gasteiger partial charge in [0, 0.05) is 63.3 Å². The summed E-state index contributed by atoms with van der Waals surface area (Å²) < 4.78 is 33.5. The Labute approximate surface area is 333 Å². The van der Waals surface area contributed by atoms with Gasteiger partial charge < -0.3 is 58.7 Å². The Balaban J connectivity index is 2.01. The van der Waals surface area contributed by atoms with Crippen LogP contribution in [0, 0.1) is 0 Å². The Morgan fingerprint density at radius 3 is 1.05 bits per heavy atom. The number of hydrogen-bond acceptors (Lipinski definition) is 15. The van der Waals surface area contributed by atoms with E-state index in [0.717, 1.165) is 71.9 Å². The number of H-pyrrole nitrogens is 3. The van der Waals surface area contributed by atoms with E-state index in [2.05, 4.69) is 15.0 Å². The minimum atomic E-state index is -1.61. The molecule has 21 nitrogen and oxygen atoms in total. The van der Waals surface area contributed by atoms with Crippen molar-refractivity contribution in [2.45, 2.75) is 41.5 Å². The van der Waals surface area contributed by atoms with Crippen molar-refractivity contribution in [1.29, 1.82) is 0 Å². The maximum Gasteiger partial charge on any atom is 0.352 e. The number of hydrogen-bond donors (Lipinski definition) is 6. The SMILES string of the molecule is CC(=O)Oc1cc2cc(C(=O)O)[nH]c2c(-c2c(OC(C)=O)c(OC(C)=O)c(-c3c(OC(C)=O)c(OC(C)=O)cc4cc(C(=O)O)[nH]c34)c3[nH]c(C(=O)O)cc23)c1OC(C)=O. The van der Waals surface area contributed by atoms with Crippen molar-refractivity contribution in [3.05, 3.63) is 47.4 Å². The Bertz CT molecular complexity index is 2760. The van der Waals surface area contributed by atoms with Crippen LogP contribution in [0.2, 0.25) is 0 Å². The van der Waals surface area contributed by atoms with Crippen LogP contribution in [-0.4, -0.2) is 84.0 Å². The number of ether oxygens (including phenoxy) is 6. The van der Waals surface area contributed by atoms with Crippen LogP contribution in [0.1, 0.15) is 73.0 Å². The topological polar surface area (TPSA) is 317 Å². The van der Waals surface area contributed by atoms with E-state index in [1.54, 1.807) is 0 Å². The van der Waals surface area contributed by atoms with Gasteiger partial charge in [-0.25, -0.2) is 14.4 Å². The first-order chi connectivity index (χ1) is 28.2. The van der Waals surface area contributed by atoms with Crippen molar-refractivity contribution in [3.63, 3.8) is 0 Å². The van der Waals surface area contributed by atoms with Crippen molar-refractivity contribution in [1.82, 2.24) is 15.0 Å². The zero-order valence-electron chi connectivity index (χ0n) is 31.9. The van der Waals surface area contributed by atoms with E-state index in [9.17, 15) is 58.5 Å². The standard InChI is InChI=1S/C39H29N3O18/c1-12(43)55-24-9-18-7-21(37(49)50)40-30(18)27(33(24)57-14(3)45)26-20-11-23(39(53)54)42-32(20)29(36(60-17(6)48)35(26)59-16(5)47)28-31-19(8-22(41-31)38(51)52)10-25(56-13(2)44)34(28)58-15(4)46/h7-11,40-42H,1-6H3,(H,49,50)(H,51,52)(H,53,54). The van der Waals surface area contributed by atoms with Crippen LogP contribution in [0.5, 0.6) is 34.5 Å². The second-order valence-corrected chi connectivity index (χ2v) is 12.8. The van der Waals surface area contributed by atoms with Gasteiger partial charge in [0.05, 0.1) is 33.2 Å². The number of benzene rings is 3. The van der Waals surface area contributed by atoms with Crippen LogP contribution in [0.25, 0.3) is 55.0 Å². The second-order valence-electron chi connectivity index (χ2n) is 12.8. The summed E-state index contributed by atoms with van der Waals surface area (Å²) in [7, 11) is 0. The predicted molar refractivity (Wildman–Crippen MR) is 202 cm³/mol. The number of nitrogens with one attached hydrogen (secondary N) is 3. The number of esters is 6. The maximum absolute atomic E-state index is 13.1. The molecule has 0 amide bonds. The first-order valence-corrected chi connectivity index (χ1v) is 17.1. The van der Waals surface area contributed by atoms with Gasteiger partial charge in [-0.05, 0) is 30.3 Å². The molecule has 0 aliphatic heterocycles. The summed E-state index contributed by atoms with van der Waals surface area (Å²) in [5.74, 6) is -14.5. The lowest BCUT2D eigenvalue weighted by molar-refractivity contribution is -0.134. The highest BCUT2D eigenvalue weighted by Crippen LogP contribution is 2.58. The van der Waals surface area contributed by atoms with Gasteiger partial charge in [-0.1, -0.05) is 0 Å². The van der Waals surface area contributed by atoms with E-state index in [0.29, 0.717) is 0 Å². The molecule has 3 aromatic heterocycles. The molecule has 0 aliphatic carbocycles. The molecule has 0 unspecified atom stereocenters. The highest BCUT2D eigenvalue weighted by atomic mass is 16.6. The summed E-state index contributed by atoms with van der Waals surface area (Å²) in [5, 5.41) is 30.0. The highest BCUT2D eigenvalue weighted by molar-refractivity contribution is 6.20. The predicted octanol–water partition coefficient (Wildman–Crippen LogP) is 5.11. The lowest BCUT2D eigenvalue weighted by Crippen LogP contribution is -2.13. The van der Waals surface area contributed by atoms with Crippen molar-refractivity contribution in [2.24, 2.45) is 0 Å². The molecule has 0 atom stereocenters. The Hall–Kier alpha value is -8.49. The van der Waals surface area contributed by atoms with Crippen molar-refractivity contribution in [2.75, 3.05) is 0 Å². The van der Waals surface area contributed by atoms with Gasteiger partial charge in [0.15, 0.2) is 34.5 Å². The van der Waals surface area contributed by atoms with Crippen LogP contribution in [0.3, 0.4) is 0 Å². The van der Waals surface area contributed by atoms with Crippen LogP contribution in [0.4, 0.5) is 0 Å². The molecular formula is C39H29N3O18. The lowest BCUT2D eigenvalue weighted by Gasteiger charge is -2.23. The highest BCUT2D eigenvalue weighted by Gasteiger charge is 2.36. The molecule has 3 heterocycles. The van der Waals surface area contributed by atoms with Crippen LogP contribution >= 0.6 is 0 Å². The molecule has 0 aliphatic rings. The van der Waals surface area contributed by atoms with Crippen molar-refractivity contribution in [3.8, 4) is 56.8 Å². The third-order valence-electron chi connectivity index (χ3n) is 8.35. The number of rotatable bonds is 11. The molecule has 60 heavy (non-hydrogen) atoms. The van der Waals surface area contributed by atoms with Gasteiger partial charge in [0.2, 0.25) is 0 Å². The first-order valence-electron chi connectivity index (χ1n) is 17.1. The van der Waals surface area contributed by atoms with Gasteiger partial charge in [-0.15, -0.1) is 0 Å². The number of carboxylic acid groups (broad SMARTS) is 3. The molecule has 0 saturated carbocycles. The number of carboxylic acids is 3. The summed E-state index contributed by atoms with van der Waals surface area (Å²) >= 11 is 0. The second kappa shape index (κ2) is 15.5. The van der Waals surface area contributed by atoms with E-state index < -0.39 is 128 Å². The van der Waals surface area contributed by atoms with E-state index >= 15 is 0 Å². The van der Waals surface area contributed by atoms with Gasteiger partial charge in [-0.3, -0.25) is 28.8 Å². The van der Waals surface area contributed by atoms with Crippen molar-refractivity contribution >= 4 is 86.4 Å². The summed E-state index contributed by atoms with van der Waals surface area (Å²) in [6, 6.07) is 5.53. The van der Waals surface area contributed by atoms with Crippen LogP contribution < -0.4 is 28.4 Å². The molecule has 0 bridgehead atoms. The zero-order valence-corrected chi connectivity index (χ0v) is 31.9. The molecular weight excluding hydrogens is 798 g/mol. The van der Waals surface area contributed by atoms with Gasteiger partial charge in [-0.2, -0.15) is 0 Å². The molecule has 6 aromatic rings. The molecule has 0 spiro atoms. The minimum absolute atomic E-state index is 0.0101. The minimum Gasteiger partial charge on any atom is -0.477 e. The van der Waals surface area contributed by atoms with E-state index in [-0.39, 0.29) is 32.7 Å². The molecule has 6 rings (SSSR count). The molecule has 21 heteroatoms. The molecule has 0 fully saturated rings. The molecule has 3 aromatic carbocycles. The van der Waals surface area contributed by atoms with E-state index in [1.165, 1.54) is 0 Å². The smallest absolute Gasteiger partial charge is 0.352 e. The summed E-state index contributed by atoms with van der Waals surface area (Å²) in [5.41, 5.74) is -4.02. The number of aromatic amines is 3. The normalized spacial score (nSPS) is 11.0. The Kier molecular flexibility index (Phi) is 10.6. The van der Waals surface area contributed by atoms with Crippen molar-refractivity contribution < 1.29 is 86.9 Å². The number of aromatic nitrogens is 3. The Morgan fingerprint density at radius 1 is 0.383 bits per heavy atom. The summed E-state index contributed by atoms with van der Waals surface area (Å²) in [4.78, 5) is 122. The quantitative estimate of drug-likeness (QED) is 0.0730. The molecule has 0 radical (unpaired) electrons. The Morgan fingerprint density at radius 2 is 0.683 bits per heavy atom. The monoisotopic (exact) mass is 827 g/mol. The van der Waals surface area contributed by atoms with E-state index in [1.807, 2.05) is 0 Å². The van der Waals surface area contributed by atoms with Gasteiger partial charge >= 0.3 is 53.7 Å². The number of aromatic carboxylic acids is 3. The average molecular weight is 828 g/mol. The first kappa shape index (κ1) is 41.2. The van der Waals surface area contributed by atoms with Crippen LogP contribution in [0.15, 0.2) is 30.3 Å². The third kappa shape index (κ3) is 7.64. The molecule has 308 valence electrons. The van der Waals surface area contributed by atoms with E-state index in [4.69, 9.17) is 28.4 Å². The van der Waals surface area contributed by atoms with Gasteiger partial charge in [0.25, 0.3) is 0 Å². The van der Waals surface area contributed by atoms with Crippen LogP contribution in [-0.2, 0) is 28.8 Å². The summed E-state index contributed by atoms with van der Waals surface area (Å²) in [6.45, 7) is 5.79. The fourth-order valence-electron chi connectivity index (χ4n) is 6.52. The molecule has 6 N–H and O–H groups in total. The summed E-state index contributed by atoms with van der Waals surface area (Å²) in [6.07, 6.45) is 0. The lowest BCUT2D eigenvalue weighted by atomic mass is 9.90. The largest absolute Gasteiger partial charge is 0.477 e. The molecule has 0 saturated heterocycles. The fraction of sp³-hybridized carbons (Fsp3) is 0.154. The number of fused-ring (bicyclic) bond motifs is 3. The third-order valence-corrected chi connectivity index (χ3v) is 8.35. The zero-order chi connectivity index (χ0) is 44.1. The maximum atomic E-state index is 13.1. The average Bonchev–Trinajstić information content (AvgIpc) is 3.86. The number of carbonyl (C=O) groups excluding carboxylic acids is 6. The number of carbonyl (C=O) groups is 9.